The third-order valence-corrected chi connectivity index (χ3v) is 4.77. The van der Waals surface area contributed by atoms with Crippen molar-refractivity contribution in [3.63, 3.8) is 0 Å². The molecule has 0 aliphatic carbocycles. The highest BCUT2D eigenvalue weighted by molar-refractivity contribution is 5.84. The number of fused-ring (bicyclic) bond motifs is 1. The predicted octanol–water partition coefficient (Wildman–Crippen LogP) is 5.10. The molecule has 0 aliphatic heterocycles. The lowest BCUT2D eigenvalue weighted by Crippen LogP contribution is -2.32. The zero-order valence-electron chi connectivity index (χ0n) is 15.6. The number of hydrogen-bond acceptors (Lipinski definition) is 2. The number of carbonyl (C=O) groups excluding carboxylic acids is 1. The minimum absolute atomic E-state index is 0.00186. The molecular formula is C23H25NO2. The van der Waals surface area contributed by atoms with Crippen LogP contribution in [0.25, 0.3) is 10.8 Å². The second-order valence-electron chi connectivity index (χ2n) is 6.67. The molecule has 134 valence electrons. The molecule has 0 radical (unpaired) electrons. The van der Waals surface area contributed by atoms with Gasteiger partial charge in [0.25, 0.3) is 5.91 Å². The van der Waals surface area contributed by atoms with Crippen LogP contribution in [-0.2, 0) is 4.79 Å². The molecule has 0 aromatic heterocycles. The maximum Gasteiger partial charge on any atom is 0.258 e. The number of carbonyl (C=O) groups is 1. The van der Waals surface area contributed by atoms with Crippen molar-refractivity contribution in [2.45, 2.75) is 33.2 Å². The number of ether oxygens (including phenoxy) is 1. The molecule has 1 amide bonds. The highest BCUT2D eigenvalue weighted by Gasteiger charge is 2.14. The number of aryl methyl sites for hydroxylation is 2. The van der Waals surface area contributed by atoms with Gasteiger partial charge >= 0.3 is 0 Å². The molecule has 0 spiro atoms. The number of rotatable bonds is 6. The molecule has 3 heteroatoms. The van der Waals surface area contributed by atoms with Crippen LogP contribution < -0.4 is 10.1 Å². The standard InChI is InChI=1S/C23H25NO2/c1-4-22(20-10-9-16(2)17(3)13-20)24-23(25)15-26-21-12-11-18-7-5-6-8-19(18)14-21/h5-14,22H,4,15H2,1-3H3,(H,24,25)/t22-/m0/s1. The van der Waals surface area contributed by atoms with Crippen LogP contribution in [0.5, 0.6) is 5.75 Å². The Morgan fingerprint density at radius 3 is 2.46 bits per heavy atom. The Balaban J connectivity index is 1.62. The van der Waals surface area contributed by atoms with Gasteiger partial charge in [-0.05, 0) is 59.9 Å². The summed E-state index contributed by atoms with van der Waals surface area (Å²) in [5.74, 6) is 0.598. The van der Waals surface area contributed by atoms with Gasteiger partial charge in [0.15, 0.2) is 6.61 Å². The van der Waals surface area contributed by atoms with E-state index < -0.39 is 0 Å². The summed E-state index contributed by atoms with van der Waals surface area (Å²) in [7, 11) is 0. The van der Waals surface area contributed by atoms with E-state index in [1.165, 1.54) is 11.1 Å². The zero-order chi connectivity index (χ0) is 18.5. The number of hydrogen-bond donors (Lipinski definition) is 1. The number of benzene rings is 3. The third-order valence-electron chi connectivity index (χ3n) is 4.77. The summed E-state index contributed by atoms with van der Waals surface area (Å²) in [6, 6.07) is 20.3. The zero-order valence-corrected chi connectivity index (χ0v) is 15.6. The first-order chi connectivity index (χ1) is 12.6. The second kappa shape index (κ2) is 8.05. The fourth-order valence-electron chi connectivity index (χ4n) is 3.04. The van der Waals surface area contributed by atoms with E-state index in [1.807, 2.05) is 36.4 Å². The van der Waals surface area contributed by atoms with E-state index in [9.17, 15) is 4.79 Å². The van der Waals surface area contributed by atoms with Crippen LogP contribution in [0, 0.1) is 13.8 Å². The third kappa shape index (κ3) is 4.23. The van der Waals surface area contributed by atoms with Crippen LogP contribution in [0.15, 0.2) is 60.7 Å². The van der Waals surface area contributed by atoms with Gasteiger partial charge in [0, 0.05) is 0 Å². The maximum absolute atomic E-state index is 12.3. The highest BCUT2D eigenvalue weighted by Crippen LogP contribution is 2.21. The van der Waals surface area contributed by atoms with E-state index in [2.05, 4.69) is 50.4 Å². The van der Waals surface area contributed by atoms with Crippen LogP contribution in [0.4, 0.5) is 0 Å². The molecule has 0 bridgehead atoms. The molecule has 0 fully saturated rings. The van der Waals surface area contributed by atoms with Gasteiger partial charge in [-0.1, -0.05) is 55.5 Å². The van der Waals surface area contributed by atoms with Crippen LogP contribution in [0.2, 0.25) is 0 Å². The van der Waals surface area contributed by atoms with Crippen LogP contribution in [0.1, 0.15) is 36.1 Å². The van der Waals surface area contributed by atoms with Crippen molar-refractivity contribution in [1.82, 2.24) is 5.32 Å². The molecule has 0 saturated carbocycles. The first-order valence-electron chi connectivity index (χ1n) is 9.05. The SMILES string of the molecule is CC[C@H](NC(=O)COc1ccc2ccccc2c1)c1ccc(C)c(C)c1. The van der Waals surface area contributed by atoms with Crippen LogP contribution >= 0.6 is 0 Å². The minimum atomic E-state index is -0.108. The van der Waals surface area contributed by atoms with Gasteiger partial charge in [0.1, 0.15) is 5.75 Å². The summed E-state index contributed by atoms with van der Waals surface area (Å²) in [5.41, 5.74) is 3.63. The lowest BCUT2D eigenvalue weighted by molar-refractivity contribution is -0.123. The smallest absolute Gasteiger partial charge is 0.258 e. The number of nitrogens with one attached hydrogen (secondary N) is 1. The highest BCUT2D eigenvalue weighted by atomic mass is 16.5. The summed E-state index contributed by atoms with van der Waals surface area (Å²) in [6.45, 7) is 6.27. The summed E-state index contributed by atoms with van der Waals surface area (Å²) in [4.78, 5) is 12.3. The van der Waals surface area contributed by atoms with E-state index in [4.69, 9.17) is 4.74 Å². The van der Waals surface area contributed by atoms with Crippen LogP contribution in [-0.4, -0.2) is 12.5 Å². The lowest BCUT2D eigenvalue weighted by Gasteiger charge is -2.19. The molecule has 1 atom stereocenters. The maximum atomic E-state index is 12.3. The Morgan fingerprint density at radius 2 is 1.73 bits per heavy atom. The Bertz CT molecular complexity index is 917. The molecule has 3 aromatic carbocycles. The van der Waals surface area contributed by atoms with Gasteiger partial charge in [0.2, 0.25) is 0 Å². The van der Waals surface area contributed by atoms with Crippen molar-refractivity contribution in [2.24, 2.45) is 0 Å². The van der Waals surface area contributed by atoms with E-state index in [1.54, 1.807) is 0 Å². The largest absolute Gasteiger partial charge is 0.484 e. The summed E-state index contributed by atoms with van der Waals surface area (Å²) in [5, 5.41) is 5.33. The van der Waals surface area contributed by atoms with Crippen LogP contribution in [0.3, 0.4) is 0 Å². The van der Waals surface area contributed by atoms with E-state index >= 15 is 0 Å². The molecule has 26 heavy (non-hydrogen) atoms. The molecule has 3 rings (SSSR count). The Morgan fingerprint density at radius 1 is 0.962 bits per heavy atom. The fraction of sp³-hybridized carbons (Fsp3) is 0.261. The van der Waals surface area contributed by atoms with Gasteiger partial charge in [-0.2, -0.15) is 0 Å². The van der Waals surface area contributed by atoms with Gasteiger partial charge in [-0.15, -0.1) is 0 Å². The molecule has 0 aliphatic rings. The molecule has 1 N–H and O–H groups in total. The Labute approximate surface area is 155 Å². The monoisotopic (exact) mass is 347 g/mol. The second-order valence-corrected chi connectivity index (χ2v) is 6.67. The molecule has 3 nitrogen and oxygen atoms in total. The molecule has 0 saturated heterocycles. The summed E-state index contributed by atoms with van der Waals surface area (Å²) < 4.78 is 5.69. The summed E-state index contributed by atoms with van der Waals surface area (Å²) in [6.07, 6.45) is 0.838. The van der Waals surface area contributed by atoms with Gasteiger partial charge in [0.05, 0.1) is 6.04 Å². The normalized spacial score (nSPS) is 12.0. The molecule has 3 aromatic rings. The quantitative estimate of drug-likeness (QED) is 0.673. The Kier molecular flexibility index (Phi) is 5.57. The van der Waals surface area contributed by atoms with Crippen molar-refractivity contribution >= 4 is 16.7 Å². The van der Waals surface area contributed by atoms with E-state index in [0.717, 1.165) is 22.8 Å². The van der Waals surface area contributed by atoms with E-state index in [-0.39, 0.29) is 18.6 Å². The topological polar surface area (TPSA) is 38.3 Å². The first kappa shape index (κ1) is 18.0. The Hall–Kier alpha value is -2.81. The van der Waals surface area contributed by atoms with E-state index in [0.29, 0.717) is 5.75 Å². The predicted molar refractivity (Wildman–Crippen MR) is 107 cm³/mol. The summed E-state index contributed by atoms with van der Waals surface area (Å²) >= 11 is 0. The van der Waals surface area contributed by atoms with Crippen molar-refractivity contribution < 1.29 is 9.53 Å². The first-order valence-corrected chi connectivity index (χ1v) is 9.05. The van der Waals surface area contributed by atoms with Crippen molar-refractivity contribution in [2.75, 3.05) is 6.61 Å². The average Bonchev–Trinajstić information content (AvgIpc) is 2.66. The van der Waals surface area contributed by atoms with Gasteiger partial charge in [-0.25, -0.2) is 0 Å². The average molecular weight is 347 g/mol. The number of amides is 1. The molecular weight excluding hydrogens is 322 g/mol. The van der Waals surface area contributed by atoms with Crippen molar-refractivity contribution in [3.05, 3.63) is 77.4 Å². The van der Waals surface area contributed by atoms with Crippen molar-refractivity contribution in [3.8, 4) is 5.75 Å². The fourth-order valence-corrected chi connectivity index (χ4v) is 3.04. The molecule has 0 unspecified atom stereocenters. The van der Waals surface area contributed by atoms with Gasteiger partial charge in [-0.3, -0.25) is 4.79 Å². The molecule has 0 heterocycles. The van der Waals surface area contributed by atoms with Crippen molar-refractivity contribution in [1.29, 1.82) is 0 Å². The lowest BCUT2D eigenvalue weighted by atomic mass is 9.99. The van der Waals surface area contributed by atoms with Gasteiger partial charge < -0.3 is 10.1 Å². The minimum Gasteiger partial charge on any atom is -0.484 e.